The summed E-state index contributed by atoms with van der Waals surface area (Å²) in [4.78, 5) is 64.3. The first kappa shape index (κ1) is 26.7. The number of fused-ring (bicyclic) bond motifs is 1. The highest BCUT2D eigenvalue weighted by Gasteiger charge is 2.49. The lowest BCUT2D eigenvalue weighted by Gasteiger charge is -2.27. The zero-order chi connectivity index (χ0) is 27.4. The molecule has 2 unspecified atom stereocenters. The van der Waals surface area contributed by atoms with Gasteiger partial charge in [0, 0.05) is 12.1 Å². The minimum Gasteiger partial charge on any atom is -0.481 e. The van der Waals surface area contributed by atoms with Crippen LogP contribution < -0.4 is 20.9 Å². The number of rotatable bonds is 11. The lowest BCUT2D eigenvalue weighted by atomic mass is 9.98. The molecule has 2 heterocycles. The Morgan fingerprint density at radius 1 is 1.13 bits per heavy atom. The van der Waals surface area contributed by atoms with E-state index in [9.17, 15) is 24.0 Å². The number of H-pyrrole nitrogens is 1. The number of carboxylic acid groups (broad SMARTS) is 1. The largest absolute Gasteiger partial charge is 0.481 e. The lowest BCUT2D eigenvalue weighted by molar-refractivity contribution is -0.140. The van der Waals surface area contributed by atoms with Crippen LogP contribution in [0.5, 0.6) is 0 Å². The van der Waals surface area contributed by atoms with Crippen molar-refractivity contribution in [2.24, 2.45) is 17.8 Å². The molecule has 0 spiro atoms. The fraction of sp³-hybridized carbons (Fsp3) is 0.500. The van der Waals surface area contributed by atoms with Crippen molar-refractivity contribution in [2.75, 3.05) is 11.4 Å². The van der Waals surface area contributed by atoms with Gasteiger partial charge in [0.25, 0.3) is 0 Å². The SMILES string of the molecule is CC[C@H](C)[C@H](NC(=O)C1CC1C(=O)O)C(=O)NCC(=O)N1c2ccccc2C[C@H]1C(=O)NCc1nn[nH]n1. The summed E-state index contributed by atoms with van der Waals surface area (Å²) in [6.45, 7) is 3.28. The van der Waals surface area contributed by atoms with E-state index < -0.39 is 60.1 Å². The van der Waals surface area contributed by atoms with E-state index in [-0.39, 0.29) is 24.7 Å². The van der Waals surface area contributed by atoms with E-state index in [1.165, 1.54) is 4.90 Å². The number of nitrogens with one attached hydrogen (secondary N) is 4. The number of nitrogens with zero attached hydrogens (tertiary/aromatic N) is 4. The van der Waals surface area contributed by atoms with Gasteiger partial charge in [-0.1, -0.05) is 43.7 Å². The van der Waals surface area contributed by atoms with Gasteiger partial charge in [-0.25, -0.2) is 0 Å². The fourth-order valence-electron chi connectivity index (χ4n) is 4.52. The number of carbonyl (C=O) groups is 5. The summed E-state index contributed by atoms with van der Waals surface area (Å²) in [5.74, 6) is -4.36. The molecule has 5 N–H and O–H groups in total. The van der Waals surface area contributed by atoms with E-state index in [2.05, 4.69) is 36.6 Å². The summed E-state index contributed by atoms with van der Waals surface area (Å²) < 4.78 is 0. The zero-order valence-corrected chi connectivity index (χ0v) is 21.0. The van der Waals surface area contributed by atoms with Crippen molar-refractivity contribution in [2.45, 2.75) is 51.7 Å². The number of para-hydroxylation sites is 1. The minimum absolute atomic E-state index is 0.0287. The molecule has 1 saturated carbocycles. The molecule has 2 aromatic rings. The van der Waals surface area contributed by atoms with Gasteiger partial charge in [0.05, 0.1) is 24.9 Å². The van der Waals surface area contributed by atoms with Crippen molar-refractivity contribution in [1.82, 2.24) is 36.6 Å². The van der Waals surface area contributed by atoms with E-state index in [0.717, 1.165) is 5.56 Å². The topological polar surface area (TPSA) is 199 Å². The number of benzene rings is 1. The van der Waals surface area contributed by atoms with E-state index in [1.807, 2.05) is 19.1 Å². The van der Waals surface area contributed by atoms with Crippen LogP contribution in [0, 0.1) is 17.8 Å². The van der Waals surface area contributed by atoms with Gasteiger partial charge in [-0.15, -0.1) is 10.2 Å². The molecule has 0 bridgehead atoms. The highest BCUT2D eigenvalue weighted by atomic mass is 16.4. The summed E-state index contributed by atoms with van der Waals surface area (Å²) in [6.07, 6.45) is 1.10. The van der Waals surface area contributed by atoms with E-state index in [1.54, 1.807) is 19.1 Å². The molecule has 1 aromatic carbocycles. The van der Waals surface area contributed by atoms with Crippen LogP contribution in [0.15, 0.2) is 24.3 Å². The van der Waals surface area contributed by atoms with Crippen LogP contribution in [-0.2, 0) is 36.9 Å². The molecule has 5 atom stereocenters. The number of carbonyl (C=O) groups excluding carboxylic acids is 4. The predicted octanol–water partition coefficient (Wildman–Crippen LogP) is -0.858. The second-order valence-corrected chi connectivity index (χ2v) is 9.53. The summed E-state index contributed by atoms with van der Waals surface area (Å²) in [6, 6.07) is 5.37. The maximum absolute atomic E-state index is 13.3. The van der Waals surface area contributed by atoms with Crippen molar-refractivity contribution in [3.05, 3.63) is 35.7 Å². The van der Waals surface area contributed by atoms with Crippen LogP contribution in [-0.4, -0.2) is 74.0 Å². The standard InChI is InChI=1S/C24H30N8O6/c1-3-12(2)20(27-21(34)14-9-15(14)24(37)38)23(36)26-11-19(33)32-16-7-5-4-6-13(16)8-17(32)22(35)25-10-18-28-30-31-29-18/h4-7,12,14-15,17,20H,3,8-11H2,1-2H3,(H,25,35)(H,26,36)(H,27,34)(H,37,38)(H,28,29,30,31)/t12-,14?,15?,17-,20-/m0/s1. The fourth-order valence-corrected chi connectivity index (χ4v) is 4.52. The van der Waals surface area contributed by atoms with Gasteiger partial charge in [-0.3, -0.25) is 28.9 Å². The zero-order valence-electron chi connectivity index (χ0n) is 21.0. The Morgan fingerprint density at radius 2 is 1.89 bits per heavy atom. The average molecular weight is 527 g/mol. The van der Waals surface area contributed by atoms with E-state index in [4.69, 9.17) is 5.11 Å². The first-order chi connectivity index (χ1) is 18.2. The summed E-state index contributed by atoms with van der Waals surface area (Å²) in [5, 5.41) is 30.4. The van der Waals surface area contributed by atoms with Gasteiger partial charge >= 0.3 is 5.97 Å². The molecule has 1 aromatic heterocycles. The smallest absolute Gasteiger partial charge is 0.307 e. The third kappa shape index (κ3) is 5.79. The Hall–Kier alpha value is -4.36. The van der Waals surface area contributed by atoms with Gasteiger partial charge in [-0.05, 0) is 24.0 Å². The molecule has 14 nitrogen and oxygen atoms in total. The highest BCUT2D eigenvalue weighted by molar-refractivity contribution is 6.05. The van der Waals surface area contributed by atoms with Crippen molar-refractivity contribution in [3.63, 3.8) is 0 Å². The Labute approximate surface area is 217 Å². The number of amides is 4. The number of carboxylic acids is 1. The first-order valence-corrected chi connectivity index (χ1v) is 12.4. The molecule has 4 rings (SSSR count). The van der Waals surface area contributed by atoms with Crippen molar-refractivity contribution in [1.29, 1.82) is 0 Å². The Morgan fingerprint density at radius 3 is 2.55 bits per heavy atom. The maximum Gasteiger partial charge on any atom is 0.307 e. The molecule has 1 aliphatic carbocycles. The van der Waals surface area contributed by atoms with E-state index in [0.29, 0.717) is 18.5 Å². The van der Waals surface area contributed by atoms with Gasteiger partial charge in [-0.2, -0.15) is 5.21 Å². The number of anilines is 1. The number of aromatic nitrogens is 4. The molecule has 14 heteroatoms. The molecule has 202 valence electrons. The maximum atomic E-state index is 13.3. The Bertz CT molecular complexity index is 1220. The van der Waals surface area contributed by atoms with Crippen LogP contribution in [0.25, 0.3) is 0 Å². The van der Waals surface area contributed by atoms with Crippen molar-refractivity contribution < 1.29 is 29.1 Å². The van der Waals surface area contributed by atoms with Crippen LogP contribution in [0.3, 0.4) is 0 Å². The molecule has 0 saturated heterocycles. The second-order valence-electron chi connectivity index (χ2n) is 9.53. The number of tetrazole rings is 1. The second kappa shape index (κ2) is 11.4. The van der Waals surface area contributed by atoms with Gasteiger partial charge < -0.3 is 21.1 Å². The third-order valence-corrected chi connectivity index (χ3v) is 7.01. The van der Waals surface area contributed by atoms with Crippen molar-refractivity contribution in [3.8, 4) is 0 Å². The number of hydrogen-bond donors (Lipinski definition) is 5. The molecule has 4 amide bonds. The van der Waals surface area contributed by atoms with Crippen LogP contribution in [0.2, 0.25) is 0 Å². The lowest BCUT2D eigenvalue weighted by Crippen LogP contribution is -2.54. The quantitative estimate of drug-likeness (QED) is 0.247. The molecular weight excluding hydrogens is 496 g/mol. The molecule has 0 radical (unpaired) electrons. The molecular formula is C24H30N8O6. The van der Waals surface area contributed by atoms with Crippen LogP contribution in [0.4, 0.5) is 5.69 Å². The molecule has 2 aliphatic rings. The number of aliphatic carboxylic acids is 1. The summed E-state index contributed by atoms with van der Waals surface area (Å²) in [5.41, 5.74) is 1.39. The Balaban J connectivity index is 1.41. The third-order valence-electron chi connectivity index (χ3n) is 7.01. The summed E-state index contributed by atoms with van der Waals surface area (Å²) >= 11 is 0. The van der Waals surface area contributed by atoms with Crippen LogP contribution in [0.1, 0.15) is 38.1 Å². The predicted molar refractivity (Wildman–Crippen MR) is 131 cm³/mol. The van der Waals surface area contributed by atoms with Crippen LogP contribution >= 0.6 is 0 Å². The molecule has 1 aliphatic heterocycles. The Kier molecular flexibility index (Phi) is 7.98. The minimum atomic E-state index is -1.04. The van der Waals surface area contributed by atoms with Gasteiger partial charge in [0.2, 0.25) is 23.6 Å². The number of hydrogen-bond acceptors (Lipinski definition) is 8. The summed E-state index contributed by atoms with van der Waals surface area (Å²) in [7, 11) is 0. The van der Waals surface area contributed by atoms with Gasteiger partial charge in [0.1, 0.15) is 12.1 Å². The average Bonchev–Trinajstić information content (AvgIpc) is 3.37. The van der Waals surface area contributed by atoms with E-state index >= 15 is 0 Å². The number of aromatic amines is 1. The first-order valence-electron chi connectivity index (χ1n) is 12.4. The molecule has 1 fully saturated rings. The van der Waals surface area contributed by atoms with Crippen molar-refractivity contribution >= 4 is 35.3 Å². The highest BCUT2D eigenvalue weighted by Crippen LogP contribution is 2.39. The normalized spacial score (nSPS) is 21.1. The van der Waals surface area contributed by atoms with Gasteiger partial charge in [0.15, 0.2) is 5.82 Å². The molecule has 38 heavy (non-hydrogen) atoms. The monoisotopic (exact) mass is 526 g/mol.